The lowest BCUT2D eigenvalue weighted by molar-refractivity contribution is -0.120. The first-order valence-corrected chi connectivity index (χ1v) is 9.23. The van der Waals surface area contributed by atoms with Gasteiger partial charge in [-0.3, -0.25) is 19.5 Å². The Morgan fingerprint density at radius 1 is 1.26 bits per heavy atom. The van der Waals surface area contributed by atoms with Gasteiger partial charge in [0.05, 0.1) is 17.4 Å². The molecule has 3 aromatic heterocycles. The number of amides is 2. The summed E-state index contributed by atoms with van der Waals surface area (Å²) < 4.78 is 33.0. The number of pyridine rings is 2. The van der Waals surface area contributed by atoms with Gasteiger partial charge in [-0.15, -0.1) is 0 Å². The molecule has 1 aliphatic heterocycles. The molecule has 4 rings (SSSR count). The number of nitrogens with one attached hydrogen (secondary N) is 1. The summed E-state index contributed by atoms with van der Waals surface area (Å²) in [4.78, 5) is 42.1. The number of aromatic nitrogens is 4. The van der Waals surface area contributed by atoms with Crippen LogP contribution < -0.4 is 15.0 Å². The van der Waals surface area contributed by atoms with E-state index in [0.29, 0.717) is 0 Å². The van der Waals surface area contributed by atoms with Crippen molar-refractivity contribution < 1.29 is 23.1 Å². The number of anilines is 1. The van der Waals surface area contributed by atoms with E-state index in [4.69, 9.17) is 16.3 Å². The lowest BCUT2D eigenvalue weighted by Crippen LogP contribution is -2.49. The Bertz CT molecular complexity index is 1200. The fraction of sp³-hybridized carbons (Fsp3) is 0.158. The minimum Gasteiger partial charge on any atom is -0.487 e. The molecule has 1 N–H and O–H groups in total. The number of ether oxygens (including phenoxy) is 1. The Balaban J connectivity index is 1.58. The molecular formula is C19H13ClF2N6O3. The fourth-order valence-corrected chi connectivity index (χ4v) is 3.06. The summed E-state index contributed by atoms with van der Waals surface area (Å²) >= 11 is 6.05. The van der Waals surface area contributed by atoms with Crippen LogP contribution >= 0.6 is 11.6 Å². The maximum absolute atomic E-state index is 14.1. The lowest BCUT2D eigenvalue weighted by atomic mass is 10.2. The van der Waals surface area contributed by atoms with Gasteiger partial charge in [0.15, 0.2) is 17.4 Å². The van der Waals surface area contributed by atoms with E-state index in [1.165, 1.54) is 25.4 Å². The van der Waals surface area contributed by atoms with Gasteiger partial charge in [0.25, 0.3) is 11.8 Å². The number of likely N-dealkylation sites (N-methyl/N-ethyl adjacent to an activating group) is 1. The molecule has 9 nitrogen and oxygen atoms in total. The number of nitrogens with zero attached hydrogens (tertiary/aromatic N) is 5. The topological polar surface area (TPSA) is 110 Å². The molecule has 4 heterocycles. The average molecular weight is 447 g/mol. The smallest absolute Gasteiger partial charge is 0.289 e. The van der Waals surface area contributed by atoms with Crippen LogP contribution in [0.4, 0.5) is 14.6 Å². The number of hydrogen-bond acceptors (Lipinski definition) is 7. The fourth-order valence-electron chi connectivity index (χ4n) is 2.88. The van der Waals surface area contributed by atoms with Crippen LogP contribution in [-0.2, 0) is 4.79 Å². The molecule has 1 atom stereocenters. The molecular weight excluding hydrogens is 434 g/mol. The Morgan fingerprint density at radius 2 is 2.06 bits per heavy atom. The van der Waals surface area contributed by atoms with E-state index in [1.807, 2.05) is 0 Å². The molecule has 0 aliphatic carbocycles. The predicted octanol–water partition coefficient (Wildman–Crippen LogP) is 2.02. The highest BCUT2D eigenvalue weighted by molar-refractivity contribution is 6.32. The third kappa shape index (κ3) is 3.99. The zero-order chi connectivity index (χ0) is 22.1. The molecule has 0 radical (unpaired) electrons. The van der Waals surface area contributed by atoms with Crippen molar-refractivity contribution in [1.82, 2.24) is 25.3 Å². The molecule has 1 aliphatic rings. The first-order chi connectivity index (χ1) is 14.8. The Morgan fingerprint density at radius 3 is 2.84 bits per heavy atom. The zero-order valence-corrected chi connectivity index (χ0v) is 16.6. The Kier molecular flexibility index (Phi) is 5.42. The third-order valence-corrected chi connectivity index (χ3v) is 4.66. The molecule has 2 amide bonds. The molecule has 158 valence electrons. The first-order valence-electron chi connectivity index (χ1n) is 8.85. The van der Waals surface area contributed by atoms with E-state index in [2.05, 4.69) is 25.3 Å². The number of carbonyl (C=O) groups excluding carboxylic acids is 2. The van der Waals surface area contributed by atoms with Crippen LogP contribution in [-0.4, -0.2) is 51.4 Å². The number of rotatable bonds is 3. The van der Waals surface area contributed by atoms with Crippen molar-refractivity contribution >= 4 is 29.2 Å². The molecule has 0 saturated heterocycles. The van der Waals surface area contributed by atoms with Gasteiger partial charge in [-0.25, -0.2) is 23.7 Å². The van der Waals surface area contributed by atoms with Crippen molar-refractivity contribution in [3.05, 3.63) is 59.3 Å². The largest absolute Gasteiger partial charge is 0.487 e. The summed E-state index contributed by atoms with van der Waals surface area (Å²) in [5.74, 6) is -2.87. The van der Waals surface area contributed by atoms with Gasteiger partial charge >= 0.3 is 0 Å². The molecule has 0 bridgehead atoms. The Labute approximate surface area is 179 Å². The predicted molar refractivity (Wildman–Crippen MR) is 105 cm³/mol. The van der Waals surface area contributed by atoms with Crippen molar-refractivity contribution in [3.8, 4) is 17.1 Å². The van der Waals surface area contributed by atoms with Crippen molar-refractivity contribution in [1.29, 1.82) is 0 Å². The molecule has 0 spiro atoms. The summed E-state index contributed by atoms with van der Waals surface area (Å²) in [6.45, 7) is -0.275. The SMILES string of the molecule is CN1C(=O)[C@@H](NC(=O)c2ncc(Cl)c(-c3ncccc3F)n2)COc2cc(F)cnc21. The first kappa shape index (κ1) is 20.5. The third-order valence-electron chi connectivity index (χ3n) is 4.39. The summed E-state index contributed by atoms with van der Waals surface area (Å²) in [7, 11) is 1.42. The molecule has 0 saturated carbocycles. The monoisotopic (exact) mass is 446 g/mol. The van der Waals surface area contributed by atoms with Crippen molar-refractivity contribution in [2.24, 2.45) is 0 Å². The highest BCUT2D eigenvalue weighted by Crippen LogP contribution is 2.29. The van der Waals surface area contributed by atoms with Crippen LogP contribution in [0.25, 0.3) is 11.4 Å². The minimum atomic E-state index is -1.14. The summed E-state index contributed by atoms with van der Waals surface area (Å²) in [5.41, 5.74) is -0.228. The normalized spacial score (nSPS) is 15.7. The quantitative estimate of drug-likeness (QED) is 0.655. The van der Waals surface area contributed by atoms with E-state index >= 15 is 0 Å². The van der Waals surface area contributed by atoms with Gasteiger partial charge in [-0.05, 0) is 12.1 Å². The second-order valence-corrected chi connectivity index (χ2v) is 6.84. The number of hydrogen-bond donors (Lipinski definition) is 1. The molecule has 0 aromatic carbocycles. The van der Waals surface area contributed by atoms with E-state index in [-0.39, 0.29) is 40.4 Å². The zero-order valence-electron chi connectivity index (χ0n) is 15.8. The van der Waals surface area contributed by atoms with Gasteiger partial charge in [0.1, 0.15) is 29.9 Å². The van der Waals surface area contributed by atoms with Crippen LogP contribution in [0.3, 0.4) is 0 Å². The lowest BCUT2D eigenvalue weighted by Gasteiger charge is -2.19. The van der Waals surface area contributed by atoms with Gasteiger partial charge in [-0.1, -0.05) is 11.6 Å². The van der Waals surface area contributed by atoms with Crippen LogP contribution in [0, 0.1) is 11.6 Å². The van der Waals surface area contributed by atoms with Crippen LogP contribution in [0.15, 0.2) is 36.8 Å². The Hall–Kier alpha value is -3.73. The van der Waals surface area contributed by atoms with Crippen LogP contribution in [0.5, 0.6) is 5.75 Å². The maximum atomic E-state index is 14.1. The van der Waals surface area contributed by atoms with Gasteiger partial charge in [0, 0.05) is 19.3 Å². The van der Waals surface area contributed by atoms with Crippen LogP contribution in [0.2, 0.25) is 5.02 Å². The minimum absolute atomic E-state index is 0.00805. The van der Waals surface area contributed by atoms with Crippen molar-refractivity contribution in [3.63, 3.8) is 0 Å². The highest BCUT2D eigenvalue weighted by atomic mass is 35.5. The summed E-state index contributed by atoms with van der Waals surface area (Å²) in [6, 6.07) is 2.52. The molecule has 12 heteroatoms. The van der Waals surface area contributed by atoms with E-state index in [9.17, 15) is 18.4 Å². The molecule has 0 fully saturated rings. The molecule has 0 unspecified atom stereocenters. The molecule has 31 heavy (non-hydrogen) atoms. The van der Waals surface area contributed by atoms with Crippen molar-refractivity contribution in [2.75, 3.05) is 18.6 Å². The van der Waals surface area contributed by atoms with Gasteiger partial charge in [0.2, 0.25) is 5.82 Å². The summed E-state index contributed by atoms with van der Waals surface area (Å²) in [6.07, 6.45) is 3.43. The standard InChI is InChI=1S/C19H13ClF2N6O3/c1-28-17-13(5-9(21)6-25-17)31-8-12(19(28)30)26-18(29)16-24-7-10(20)14(27-16)15-11(22)3-2-4-23-15/h2-7,12H,8H2,1H3,(H,26,29)/t12-/m0/s1. The highest BCUT2D eigenvalue weighted by Gasteiger charge is 2.32. The summed E-state index contributed by atoms with van der Waals surface area (Å²) in [5, 5.41) is 2.45. The van der Waals surface area contributed by atoms with E-state index < -0.39 is 29.5 Å². The number of fused-ring (bicyclic) bond motifs is 1. The van der Waals surface area contributed by atoms with Crippen LogP contribution in [0.1, 0.15) is 10.6 Å². The number of carbonyl (C=O) groups is 2. The second kappa shape index (κ2) is 8.19. The average Bonchev–Trinajstić information content (AvgIpc) is 2.86. The van der Waals surface area contributed by atoms with E-state index in [1.54, 1.807) is 0 Å². The van der Waals surface area contributed by atoms with E-state index in [0.717, 1.165) is 23.4 Å². The van der Waals surface area contributed by atoms with Gasteiger partial charge < -0.3 is 10.1 Å². The number of halogens is 3. The van der Waals surface area contributed by atoms with Crippen molar-refractivity contribution in [2.45, 2.75) is 6.04 Å². The maximum Gasteiger partial charge on any atom is 0.289 e. The molecule has 3 aromatic rings. The van der Waals surface area contributed by atoms with Gasteiger partial charge in [-0.2, -0.15) is 0 Å². The second-order valence-electron chi connectivity index (χ2n) is 6.43.